The molecule has 0 spiro atoms. The molecular formula is C15H15N3O4. The van der Waals surface area contributed by atoms with Crippen LogP contribution in [0.25, 0.3) is 18.2 Å². The number of allylic oxidation sites excluding steroid dienone is 1. The zero-order valence-electron chi connectivity index (χ0n) is 12.2. The topological polar surface area (TPSA) is 92.4 Å². The molecule has 0 saturated carbocycles. The second kappa shape index (κ2) is 6.13. The highest BCUT2D eigenvalue weighted by Crippen LogP contribution is 2.26. The van der Waals surface area contributed by atoms with E-state index in [1.165, 1.54) is 12.1 Å². The van der Waals surface area contributed by atoms with Gasteiger partial charge in [-0.25, -0.2) is 4.79 Å². The Bertz CT molecular complexity index is 890. The lowest BCUT2D eigenvalue weighted by Gasteiger charge is -2.09. The van der Waals surface area contributed by atoms with Gasteiger partial charge in [0.05, 0.1) is 10.5 Å². The van der Waals surface area contributed by atoms with Gasteiger partial charge < -0.3 is 14.3 Å². The second-order valence-corrected chi connectivity index (χ2v) is 4.82. The minimum absolute atomic E-state index is 0.0439. The molecule has 1 aromatic heterocycles. The van der Waals surface area contributed by atoms with Crippen LogP contribution in [-0.2, 0) is 0 Å². The molecule has 1 heterocycles. The number of nitro benzene ring substituents is 1. The molecule has 0 aliphatic heterocycles. The third-order valence-corrected chi connectivity index (χ3v) is 2.82. The van der Waals surface area contributed by atoms with E-state index in [4.69, 9.17) is 4.42 Å². The van der Waals surface area contributed by atoms with Crippen molar-refractivity contribution >= 4 is 23.9 Å². The number of nitro groups is 1. The Morgan fingerprint density at radius 3 is 2.64 bits per heavy atom. The number of aromatic nitrogens is 1. The molecule has 0 atom stereocenters. The van der Waals surface area contributed by atoms with Crippen LogP contribution in [0.4, 0.5) is 5.69 Å². The fraction of sp³-hybridized carbons (Fsp3) is 0.133. The standard InChI is InChI=1S/C15H15N3O4/c1-10-16-13(15(19)22-10)8-11(9-17(2)3)12-6-4-5-7-14(12)18(20)21/h4-9,16H,1H2,2-3H3. The van der Waals surface area contributed by atoms with Crippen LogP contribution in [0.3, 0.4) is 0 Å². The summed E-state index contributed by atoms with van der Waals surface area (Å²) in [7, 11) is 3.57. The molecule has 0 amide bonds. The number of rotatable bonds is 4. The summed E-state index contributed by atoms with van der Waals surface area (Å²) in [6.07, 6.45) is 3.19. The van der Waals surface area contributed by atoms with Gasteiger partial charge in [0.25, 0.3) is 5.69 Å². The minimum atomic E-state index is -0.576. The maximum absolute atomic E-state index is 11.7. The van der Waals surface area contributed by atoms with Crippen molar-refractivity contribution in [2.24, 2.45) is 0 Å². The quantitative estimate of drug-likeness (QED) is 0.662. The van der Waals surface area contributed by atoms with Gasteiger partial charge in [0, 0.05) is 31.9 Å². The van der Waals surface area contributed by atoms with Crippen molar-refractivity contribution < 1.29 is 9.34 Å². The fourth-order valence-corrected chi connectivity index (χ4v) is 1.98. The van der Waals surface area contributed by atoms with E-state index in [-0.39, 0.29) is 16.6 Å². The Morgan fingerprint density at radius 1 is 1.41 bits per heavy atom. The van der Waals surface area contributed by atoms with E-state index in [9.17, 15) is 14.9 Å². The largest absolute Gasteiger partial charge is 0.405 e. The molecule has 0 radical (unpaired) electrons. The third kappa shape index (κ3) is 3.32. The van der Waals surface area contributed by atoms with Gasteiger partial charge >= 0.3 is 5.63 Å². The molecule has 0 bridgehead atoms. The normalized spacial score (nSPS) is 12.5. The number of aromatic amines is 1. The predicted molar refractivity (Wildman–Crippen MR) is 83.3 cm³/mol. The lowest BCUT2D eigenvalue weighted by molar-refractivity contribution is -0.385. The minimum Gasteiger partial charge on any atom is -0.405 e. The van der Waals surface area contributed by atoms with Crippen molar-refractivity contribution in [1.82, 2.24) is 9.88 Å². The number of benzene rings is 1. The average Bonchev–Trinajstić information content (AvgIpc) is 2.75. The van der Waals surface area contributed by atoms with Crippen LogP contribution in [0.5, 0.6) is 0 Å². The van der Waals surface area contributed by atoms with Crippen molar-refractivity contribution in [3.05, 3.63) is 67.5 Å². The Hall–Kier alpha value is -3.09. The molecule has 22 heavy (non-hydrogen) atoms. The van der Waals surface area contributed by atoms with Gasteiger partial charge in [0.1, 0.15) is 5.35 Å². The van der Waals surface area contributed by atoms with Crippen molar-refractivity contribution in [3.63, 3.8) is 0 Å². The highest BCUT2D eigenvalue weighted by Gasteiger charge is 2.15. The summed E-state index contributed by atoms with van der Waals surface area (Å²) in [5.74, 6) is 0. The molecule has 7 nitrogen and oxygen atoms in total. The molecule has 7 heteroatoms. The van der Waals surface area contributed by atoms with Crippen molar-refractivity contribution in [2.45, 2.75) is 0 Å². The number of hydrogen-bond donors (Lipinski definition) is 1. The van der Waals surface area contributed by atoms with Gasteiger partial charge in [0.2, 0.25) is 0 Å². The first-order chi connectivity index (χ1) is 10.4. The molecule has 2 aromatic rings. The van der Waals surface area contributed by atoms with Crippen LogP contribution in [0.15, 0.2) is 39.7 Å². The van der Waals surface area contributed by atoms with E-state index in [0.717, 1.165) is 0 Å². The summed E-state index contributed by atoms with van der Waals surface area (Å²) in [6.45, 7) is 3.51. The second-order valence-electron chi connectivity index (χ2n) is 4.82. The number of nitrogens with zero attached hydrogens (tertiary/aromatic N) is 2. The van der Waals surface area contributed by atoms with E-state index < -0.39 is 10.5 Å². The molecule has 1 aromatic carbocycles. The maximum atomic E-state index is 11.7. The Morgan fingerprint density at radius 2 is 2.09 bits per heavy atom. The van der Waals surface area contributed by atoms with Gasteiger partial charge in [0.15, 0.2) is 5.55 Å². The zero-order chi connectivity index (χ0) is 16.3. The van der Waals surface area contributed by atoms with E-state index in [1.54, 1.807) is 43.4 Å². The molecular weight excluding hydrogens is 286 g/mol. The third-order valence-electron chi connectivity index (χ3n) is 2.82. The zero-order valence-corrected chi connectivity index (χ0v) is 12.2. The molecule has 0 aliphatic rings. The Balaban J connectivity index is 2.71. The first kappa shape index (κ1) is 15.3. The van der Waals surface area contributed by atoms with Gasteiger partial charge in [-0.1, -0.05) is 12.1 Å². The van der Waals surface area contributed by atoms with Gasteiger partial charge in [-0.05, 0) is 18.7 Å². The predicted octanol–water partition coefficient (Wildman–Crippen LogP) is 0.670. The van der Waals surface area contributed by atoms with E-state index in [1.807, 2.05) is 0 Å². The lowest BCUT2D eigenvalue weighted by Crippen LogP contribution is -2.21. The smallest absolute Gasteiger partial charge is 0.361 e. The van der Waals surface area contributed by atoms with E-state index in [0.29, 0.717) is 11.1 Å². The highest BCUT2D eigenvalue weighted by atomic mass is 16.6. The molecule has 2 rings (SSSR count). The molecule has 0 unspecified atom stereocenters. The van der Waals surface area contributed by atoms with E-state index in [2.05, 4.69) is 11.6 Å². The summed E-state index contributed by atoms with van der Waals surface area (Å²) >= 11 is 0. The number of hydrogen-bond acceptors (Lipinski definition) is 5. The lowest BCUT2D eigenvalue weighted by atomic mass is 10.0. The summed E-state index contributed by atoms with van der Waals surface area (Å²) in [5.41, 5.74) is 0.418. The summed E-state index contributed by atoms with van der Waals surface area (Å²) < 4.78 is 4.81. The molecule has 1 N–H and O–H groups in total. The first-order valence-electron chi connectivity index (χ1n) is 6.40. The Kier molecular flexibility index (Phi) is 4.26. The van der Waals surface area contributed by atoms with Gasteiger partial charge in [-0.15, -0.1) is 0 Å². The average molecular weight is 301 g/mol. The first-order valence-corrected chi connectivity index (χ1v) is 6.40. The number of oxazole rings is 1. The van der Waals surface area contributed by atoms with Crippen molar-refractivity contribution in [3.8, 4) is 0 Å². The molecule has 114 valence electrons. The van der Waals surface area contributed by atoms with E-state index >= 15 is 0 Å². The molecule has 0 aliphatic carbocycles. The van der Waals surface area contributed by atoms with Crippen molar-refractivity contribution in [1.29, 1.82) is 0 Å². The van der Waals surface area contributed by atoms with Crippen LogP contribution in [-0.4, -0.2) is 28.9 Å². The van der Waals surface area contributed by atoms with Crippen LogP contribution in [0.1, 0.15) is 5.56 Å². The monoisotopic (exact) mass is 301 g/mol. The SMILES string of the molecule is C=c1[nH]c(=CC(=CN(C)C)c2ccccc2[N+](=O)[O-])c(=O)o1. The fourth-order valence-electron chi connectivity index (χ4n) is 1.98. The van der Waals surface area contributed by atoms with Gasteiger partial charge in [-0.3, -0.25) is 10.1 Å². The maximum Gasteiger partial charge on any atom is 0.361 e. The summed E-state index contributed by atoms with van der Waals surface area (Å²) in [5, 5.41) is 11.4. The molecule has 0 saturated heterocycles. The summed E-state index contributed by atoms with van der Waals surface area (Å²) in [6, 6.07) is 6.33. The van der Waals surface area contributed by atoms with Crippen LogP contribution < -0.4 is 16.5 Å². The van der Waals surface area contributed by atoms with Crippen molar-refractivity contribution in [2.75, 3.05) is 14.1 Å². The van der Waals surface area contributed by atoms with Crippen LogP contribution in [0, 0.1) is 10.1 Å². The number of H-pyrrole nitrogens is 1. The van der Waals surface area contributed by atoms with Crippen LogP contribution >= 0.6 is 0 Å². The summed E-state index contributed by atoms with van der Waals surface area (Å²) in [4.78, 5) is 26.8. The van der Waals surface area contributed by atoms with Gasteiger partial charge in [-0.2, -0.15) is 0 Å². The van der Waals surface area contributed by atoms with Crippen LogP contribution in [0.2, 0.25) is 0 Å². The Labute approximate surface area is 125 Å². The number of nitrogens with one attached hydrogen (secondary N) is 1. The highest BCUT2D eigenvalue weighted by molar-refractivity contribution is 5.91. The molecule has 0 fully saturated rings. The number of para-hydroxylation sites is 1.